The van der Waals surface area contributed by atoms with Gasteiger partial charge in [0.05, 0.1) is 10.7 Å². The van der Waals surface area contributed by atoms with Crippen LogP contribution in [0.15, 0.2) is 42.5 Å². The van der Waals surface area contributed by atoms with E-state index >= 15 is 0 Å². The number of benzene rings is 2. The summed E-state index contributed by atoms with van der Waals surface area (Å²) >= 11 is 6.28. The van der Waals surface area contributed by atoms with Crippen molar-refractivity contribution in [2.45, 2.75) is 13.8 Å². The Kier molecular flexibility index (Phi) is 3.77. The second kappa shape index (κ2) is 5.73. The van der Waals surface area contributed by atoms with Gasteiger partial charge in [-0.05, 0) is 43.2 Å². The summed E-state index contributed by atoms with van der Waals surface area (Å²) in [5.74, 6) is 0. The molecule has 0 aliphatic heterocycles. The van der Waals surface area contributed by atoms with Gasteiger partial charge in [0.1, 0.15) is 5.69 Å². The Hall–Kier alpha value is -2.46. The lowest BCUT2D eigenvalue weighted by Crippen LogP contribution is -2.01. The molecule has 22 heavy (non-hydrogen) atoms. The number of carbonyl (C=O) groups is 1. The topological polar surface area (TPSA) is 47.8 Å². The van der Waals surface area contributed by atoms with Gasteiger partial charge in [0.15, 0.2) is 12.0 Å². The number of nitrogens with zero attached hydrogens (tertiary/aromatic N) is 3. The molecule has 0 bridgehead atoms. The van der Waals surface area contributed by atoms with Crippen LogP contribution in [-0.2, 0) is 0 Å². The molecule has 0 radical (unpaired) electrons. The Morgan fingerprint density at radius 2 is 1.77 bits per heavy atom. The molecule has 4 nitrogen and oxygen atoms in total. The molecule has 0 unspecified atom stereocenters. The first-order valence-electron chi connectivity index (χ1n) is 6.84. The first-order valence-corrected chi connectivity index (χ1v) is 7.22. The number of carbonyl (C=O) groups excluding carboxylic acids is 1. The molecule has 0 aliphatic carbocycles. The van der Waals surface area contributed by atoms with E-state index in [2.05, 4.69) is 16.4 Å². The van der Waals surface area contributed by atoms with Crippen molar-refractivity contribution in [2.24, 2.45) is 0 Å². The van der Waals surface area contributed by atoms with Crippen LogP contribution in [0.25, 0.3) is 16.9 Å². The molecule has 1 heterocycles. The van der Waals surface area contributed by atoms with Crippen molar-refractivity contribution in [3.63, 3.8) is 0 Å². The van der Waals surface area contributed by atoms with Crippen LogP contribution in [0.5, 0.6) is 0 Å². The average Bonchev–Trinajstić information content (AvgIpc) is 2.90. The van der Waals surface area contributed by atoms with Crippen molar-refractivity contribution < 1.29 is 4.79 Å². The monoisotopic (exact) mass is 311 g/mol. The summed E-state index contributed by atoms with van der Waals surface area (Å²) in [6.07, 6.45) is 0.699. The zero-order valence-electron chi connectivity index (χ0n) is 12.2. The number of hydrogen-bond acceptors (Lipinski definition) is 3. The van der Waals surface area contributed by atoms with Gasteiger partial charge in [-0.3, -0.25) is 4.79 Å². The third-order valence-electron chi connectivity index (χ3n) is 3.39. The molecule has 3 rings (SSSR count). The minimum absolute atomic E-state index is 0.271. The third kappa shape index (κ3) is 2.53. The van der Waals surface area contributed by atoms with Gasteiger partial charge in [-0.25, -0.2) is 4.68 Å². The highest BCUT2D eigenvalue weighted by molar-refractivity contribution is 6.33. The summed E-state index contributed by atoms with van der Waals surface area (Å²) < 4.78 is 1.66. The standard InChI is InChI=1S/C17H14ClN3O/c1-11-7-12(2)9-13(8-11)21-17(16(10-22)19-20-21)14-5-3-4-6-15(14)18/h3-10H,1-2H3. The Bertz CT molecular complexity index is 835. The average molecular weight is 312 g/mol. The van der Waals surface area contributed by atoms with Crippen LogP contribution in [0.1, 0.15) is 21.6 Å². The van der Waals surface area contributed by atoms with Crippen LogP contribution in [0.2, 0.25) is 5.02 Å². The predicted molar refractivity (Wildman–Crippen MR) is 86.7 cm³/mol. The number of aromatic nitrogens is 3. The van der Waals surface area contributed by atoms with E-state index in [9.17, 15) is 4.79 Å². The fourth-order valence-corrected chi connectivity index (χ4v) is 2.76. The maximum atomic E-state index is 11.3. The highest BCUT2D eigenvalue weighted by Crippen LogP contribution is 2.30. The molecule has 0 spiro atoms. The maximum Gasteiger partial charge on any atom is 0.172 e. The van der Waals surface area contributed by atoms with Gasteiger partial charge in [0.2, 0.25) is 0 Å². The number of aldehydes is 1. The first kappa shape index (κ1) is 14.5. The lowest BCUT2D eigenvalue weighted by atomic mass is 10.1. The van der Waals surface area contributed by atoms with Crippen LogP contribution in [0.4, 0.5) is 0 Å². The van der Waals surface area contributed by atoms with Crippen LogP contribution in [0, 0.1) is 13.8 Å². The van der Waals surface area contributed by atoms with E-state index in [1.807, 2.05) is 44.2 Å². The van der Waals surface area contributed by atoms with Crippen LogP contribution in [0.3, 0.4) is 0 Å². The van der Waals surface area contributed by atoms with E-state index in [-0.39, 0.29) is 5.69 Å². The van der Waals surface area contributed by atoms with Crippen LogP contribution in [-0.4, -0.2) is 21.3 Å². The summed E-state index contributed by atoms with van der Waals surface area (Å²) in [5.41, 5.74) is 4.69. The van der Waals surface area contributed by atoms with Crippen molar-refractivity contribution in [1.82, 2.24) is 15.0 Å². The van der Waals surface area contributed by atoms with Gasteiger partial charge in [-0.2, -0.15) is 0 Å². The van der Waals surface area contributed by atoms with Crippen LogP contribution >= 0.6 is 11.6 Å². The number of aryl methyl sites for hydroxylation is 2. The number of rotatable bonds is 3. The van der Waals surface area contributed by atoms with Gasteiger partial charge in [0, 0.05) is 5.56 Å². The Morgan fingerprint density at radius 3 is 2.41 bits per heavy atom. The first-order chi connectivity index (χ1) is 10.6. The quantitative estimate of drug-likeness (QED) is 0.686. The third-order valence-corrected chi connectivity index (χ3v) is 3.72. The molecule has 0 saturated carbocycles. The molecule has 0 saturated heterocycles. The molecule has 2 aromatic carbocycles. The molecular weight excluding hydrogens is 298 g/mol. The summed E-state index contributed by atoms with van der Waals surface area (Å²) in [7, 11) is 0. The van der Waals surface area contributed by atoms with Gasteiger partial charge in [0.25, 0.3) is 0 Å². The normalized spacial score (nSPS) is 10.7. The smallest absolute Gasteiger partial charge is 0.172 e. The zero-order chi connectivity index (χ0) is 15.7. The molecule has 0 amide bonds. The van der Waals surface area contributed by atoms with Crippen molar-refractivity contribution >= 4 is 17.9 Å². The van der Waals surface area contributed by atoms with Crippen LogP contribution < -0.4 is 0 Å². The van der Waals surface area contributed by atoms with Crippen molar-refractivity contribution in [1.29, 1.82) is 0 Å². The molecule has 5 heteroatoms. The molecule has 1 aromatic heterocycles. The minimum Gasteiger partial charge on any atom is -0.296 e. The van der Waals surface area contributed by atoms with Crippen molar-refractivity contribution in [2.75, 3.05) is 0 Å². The predicted octanol–water partition coefficient (Wildman–Crippen LogP) is 4.02. The van der Waals surface area contributed by atoms with Crippen molar-refractivity contribution in [3.05, 3.63) is 64.3 Å². The highest BCUT2D eigenvalue weighted by atomic mass is 35.5. The van der Waals surface area contributed by atoms with E-state index in [0.717, 1.165) is 22.4 Å². The van der Waals surface area contributed by atoms with Gasteiger partial charge >= 0.3 is 0 Å². The largest absolute Gasteiger partial charge is 0.296 e. The van der Waals surface area contributed by atoms with E-state index in [0.29, 0.717) is 17.0 Å². The highest BCUT2D eigenvalue weighted by Gasteiger charge is 2.18. The molecule has 0 fully saturated rings. The summed E-state index contributed by atoms with van der Waals surface area (Å²) in [5, 5.41) is 8.66. The molecule has 0 atom stereocenters. The Morgan fingerprint density at radius 1 is 1.09 bits per heavy atom. The molecule has 0 N–H and O–H groups in total. The second-order valence-corrected chi connectivity index (χ2v) is 5.59. The lowest BCUT2D eigenvalue weighted by molar-refractivity contribution is 0.111. The lowest BCUT2D eigenvalue weighted by Gasteiger charge is -2.10. The molecular formula is C17H14ClN3O. The van der Waals surface area contributed by atoms with Gasteiger partial charge in [-0.1, -0.05) is 41.1 Å². The molecule has 3 aromatic rings. The van der Waals surface area contributed by atoms with E-state index in [1.54, 1.807) is 10.7 Å². The fourth-order valence-electron chi connectivity index (χ4n) is 2.53. The molecule has 110 valence electrons. The Balaban J connectivity index is 2.28. The van der Waals surface area contributed by atoms with Gasteiger partial charge in [-0.15, -0.1) is 5.10 Å². The minimum atomic E-state index is 0.271. The zero-order valence-corrected chi connectivity index (χ0v) is 13.0. The van der Waals surface area contributed by atoms with E-state index < -0.39 is 0 Å². The van der Waals surface area contributed by atoms with Gasteiger partial charge < -0.3 is 0 Å². The van der Waals surface area contributed by atoms with E-state index in [4.69, 9.17) is 11.6 Å². The Labute approximate surface area is 133 Å². The molecule has 0 aliphatic rings. The number of hydrogen-bond donors (Lipinski definition) is 0. The number of halogens is 1. The summed E-state index contributed by atoms with van der Waals surface area (Å²) in [6.45, 7) is 4.03. The fraction of sp³-hybridized carbons (Fsp3) is 0.118. The SMILES string of the molecule is Cc1cc(C)cc(-n2nnc(C=O)c2-c2ccccc2Cl)c1. The summed E-state index contributed by atoms with van der Waals surface area (Å²) in [6, 6.07) is 13.4. The maximum absolute atomic E-state index is 11.3. The van der Waals surface area contributed by atoms with E-state index in [1.165, 1.54) is 0 Å². The second-order valence-electron chi connectivity index (χ2n) is 5.18. The summed E-state index contributed by atoms with van der Waals surface area (Å²) in [4.78, 5) is 11.3. The van der Waals surface area contributed by atoms with Crippen molar-refractivity contribution in [3.8, 4) is 16.9 Å².